The monoisotopic (exact) mass is 393 g/mol. The lowest BCUT2D eigenvalue weighted by molar-refractivity contribution is 0.0669. The first-order chi connectivity index (χ1) is 11.0. The summed E-state index contributed by atoms with van der Waals surface area (Å²) in [5.41, 5.74) is 1.89. The second-order valence-electron chi connectivity index (χ2n) is 5.59. The number of nitrogens with zero attached hydrogens (tertiary/aromatic N) is 3. The molecule has 1 atom stereocenters. The zero-order chi connectivity index (χ0) is 16.1. The molecule has 0 bridgehead atoms. The average molecular weight is 394 g/mol. The first-order valence-corrected chi connectivity index (χ1v) is 8.93. The third-order valence-electron chi connectivity index (χ3n) is 4.23. The summed E-state index contributed by atoms with van der Waals surface area (Å²) in [4.78, 5) is 15.6. The van der Waals surface area contributed by atoms with Gasteiger partial charge in [0.1, 0.15) is 5.82 Å². The van der Waals surface area contributed by atoms with Gasteiger partial charge in [-0.1, -0.05) is 0 Å². The van der Waals surface area contributed by atoms with Gasteiger partial charge < -0.3 is 4.90 Å². The van der Waals surface area contributed by atoms with Gasteiger partial charge in [-0.25, -0.2) is 8.91 Å². The molecule has 4 nitrogen and oxygen atoms in total. The van der Waals surface area contributed by atoms with E-state index in [9.17, 15) is 9.18 Å². The molecule has 4 heterocycles. The van der Waals surface area contributed by atoms with Crippen LogP contribution in [0.25, 0.3) is 5.52 Å². The molecule has 0 fully saturated rings. The van der Waals surface area contributed by atoms with Crippen LogP contribution in [0.15, 0.2) is 34.2 Å². The summed E-state index contributed by atoms with van der Waals surface area (Å²) in [6.07, 6.45) is 2.50. The fourth-order valence-electron chi connectivity index (χ4n) is 3.07. The second kappa shape index (κ2) is 5.42. The number of thiophene rings is 1. The lowest BCUT2D eigenvalue weighted by Gasteiger charge is -2.33. The lowest BCUT2D eigenvalue weighted by Crippen LogP contribution is -2.38. The molecule has 23 heavy (non-hydrogen) atoms. The Morgan fingerprint density at radius 1 is 1.48 bits per heavy atom. The molecule has 3 aromatic rings. The zero-order valence-electron chi connectivity index (χ0n) is 12.3. The van der Waals surface area contributed by atoms with Crippen molar-refractivity contribution in [1.29, 1.82) is 0 Å². The maximum atomic E-state index is 14.0. The molecule has 0 saturated carbocycles. The molecule has 1 amide bonds. The molecule has 0 N–H and O–H groups in total. The third kappa shape index (κ3) is 2.38. The maximum absolute atomic E-state index is 14.0. The Hall–Kier alpha value is -1.73. The maximum Gasteiger partial charge on any atom is 0.274 e. The Balaban J connectivity index is 1.69. The summed E-state index contributed by atoms with van der Waals surface area (Å²) in [6.45, 7) is 2.46. The third-order valence-corrected chi connectivity index (χ3v) is 5.73. The normalized spacial score (nSPS) is 17.5. The quantitative estimate of drug-likeness (QED) is 0.625. The molecule has 118 valence electrons. The Labute approximate surface area is 144 Å². The molecule has 7 heteroatoms. The topological polar surface area (TPSA) is 37.6 Å². The molecule has 4 rings (SSSR count). The summed E-state index contributed by atoms with van der Waals surface area (Å²) in [5.74, 6) is -0.373. The minimum atomic E-state index is -0.269. The van der Waals surface area contributed by atoms with Gasteiger partial charge in [0.25, 0.3) is 5.91 Å². The van der Waals surface area contributed by atoms with Gasteiger partial charge in [0, 0.05) is 33.0 Å². The summed E-state index contributed by atoms with van der Waals surface area (Å²) in [7, 11) is 0. The van der Waals surface area contributed by atoms with Crippen LogP contribution in [0.1, 0.15) is 33.9 Å². The van der Waals surface area contributed by atoms with E-state index in [0.717, 1.165) is 14.9 Å². The number of hydrogen-bond acceptors (Lipinski definition) is 3. The SMILES string of the molecule is CC1c2c(F)csc2CCN1C(=O)c1cc2ccc(Br)cn2n1. The standard InChI is InChI=1S/C16H13BrFN3OS/c1-9-15-12(18)8-23-14(15)4-5-20(9)16(22)13-6-11-3-2-10(17)7-21(11)19-13/h2-3,6-9H,4-5H2,1H3. The number of carbonyl (C=O) groups is 1. The lowest BCUT2D eigenvalue weighted by atomic mass is 10.0. The largest absolute Gasteiger partial charge is 0.330 e. The number of rotatable bonds is 1. The summed E-state index contributed by atoms with van der Waals surface area (Å²) < 4.78 is 16.5. The molecule has 0 spiro atoms. The molecule has 0 saturated heterocycles. The highest BCUT2D eigenvalue weighted by Crippen LogP contribution is 2.36. The number of halogens is 2. The summed E-state index contributed by atoms with van der Waals surface area (Å²) in [5, 5.41) is 5.88. The van der Waals surface area contributed by atoms with Crippen molar-refractivity contribution in [3.63, 3.8) is 0 Å². The molecule has 1 unspecified atom stereocenters. The number of carbonyl (C=O) groups excluding carboxylic acids is 1. The Morgan fingerprint density at radius 3 is 3.13 bits per heavy atom. The number of aromatic nitrogens is 2. The molecule has 1 aliphatic rings. The van der Waals surface area contributed by atoms with Crippen LogP contribution in [0.4, 0.5) is 4.39 Å². The van der Waals surface area contributed by atoms with Crippen molar-refractivity contribution in [2.45, 2.75) is 19.4 Å². The van der Waals surface area contributed by atoms with Crippen LogP contribution in [-0.2, 0) is 6.42 Å². The van der Waals surface area contributed by atoms with Gasteiger partial charge in [-0.3, -0.25) is 4.79 Å². The second-order valence-corrected chi connectivity index (χ2v) is 7.47. The van der Waals surface area contributed by atoms with Crippen LogP contribution < -0.4 is 0 Å². The molecule has 3 aromatic heterocycles. The van der Waals surface area contributed by atoms with E-state index in [1.165, 1.54) is 16.7 Å². The van der Waals surface area contributed by atoms with Gasteiger partial charge >= 0.3 is 0 Å². The Bertz CT molecular complexity index is 919. The van der Waals surface area contributed by atoms with Crippen LogP contribution in [-0.4, -0.2) is 27.0 Å². The molecule has 0 aliphatic carbocycles. The Kier molecular flexibility index (Phi) is 3.50. The van der Waals surface area contributed by atoms with Gasteiger partial charge in [-0.05, 0) is 47.5 Å². The van der Waals surface area contributed by atoms with E-state index >= 15 is 0 Å². The zero-order valence-corrected chi connectivity index (χ0v) is 14.7. The number of fused-ring (bicyclic) bond motifs is 2. The van der Waals surface area contributed by atoms with Gasteiger partial charge in [0.15, 0.2) is 5.69 Å². The van der Waals surface area contributed by atoms with E-state index < -0.39 is 0 Å². The van der Waals surface area contributed by atoms with Crippen molar-refractivity contribution in [2.24, 2.45) is 0 Å². The van der Waals surface area contributed by atoms with E-state index in [2.05, 4.69) is 21.0 Å². The van der Waals surface area contributed by atoms with Crippen molar-refractivity contribution in [1.82, 2.24) is 14.5 Å². The van der Waals surface area contributed by atoms with Crippen molar-refractivity contribution in [3.05, 3.63) is 56.2 Å². The van der Waals surface area contributed by atoms with Gasteiger partial charge in [-0.15, -0.1) is 11.3 Å². The van der Waals surface area contributed by atoms with E-state index in [1.54, 1.807) is 15.5 Å². The van der Waals surface area contributed by atoms with Gasteiger partial charge in [0.05, 0.1) is 11.6 Å². The van der Waals surface area contributed by atoms with Crippen LogP contribution in [0.3, 0.4) is 0 Å². The summed E-state index contributed by atoms with van der Waals surface area (Å²) >= 11 is 4.82. The highest BCUT2D eigenvalue weighted by atomic mass is 79.9. The van der Waals surface area contributed by atoms with Crippen LogP contribution in [0.2, 0.25) is 0 Å². The predicted octanol–water partition coefficient (Wildman–Crippen LogP) is 4.06. The van der Waals surface area contributed by atoms with E-state index in [-0.39, 0.29) is 17.8 Å². The predicted molar refractivity (Wildman–Crippen MR) is 90.3 cm³/mol. The van der Waals surface area contributed by atoms with Crippen LogP contribution >= 0.6 is 27.3 Å². The average Bonchev–Trinajstić information content (AvgIpc) is 3.11. The molecule has 0 radical (unpaired) electrons. The number of pyridine rings is 1. The highest BCUT2D eigenvalue weighted by molar-refractivity contribution is 9.10. The minimum Gasteiger partial charge on any atom is -0.330 e. The minimum absolute atomic E-state index is 0.159. The van der Waals surface area contributed by atoms with Gasteiger partial charge in [0.2, 0.25) is 0 Å². The molecule has 0 aromatic carbocycles. The van der Waals surface area contributed by atoms with Crippen molar-refractivity contribution in [3.8, 4) is 0 Å². The molecular weight excluding hydrogens is 381 g/mol. The molecular formula is C16H13BrFN3OS. The van der Waals surface area contributed by atoms with E-state index in [1.807, 2.05) is 25.3 Å². The van der Waals surface area contributed by atoms with E-state index in [0.29, 0.717) is 24.2 Å². The van der Waals surface area contributed by atoms with E-state index in [4.69, 9.17) is 0 Å². The van der Waals surface area contributed by atoms with Crippen LogP contribution in [0.5, 0.6) is 0 Å². The fraction of sp³-hybridized carbons (Fsp3) is 0.250. The van der Waals surface area contributed by atoms with Crippen LogP contribution in [0, 0.1) is 5.82 Å². The van der Waals surface area contributed by atoms with Crippen molar-refractivity contribution >= 4 is 38.7 Å². The highest BCUT2D eigenvalue weighted by Gasteiger charge is 2.32. The smallest absolute Gasteiger partial charge is 0.274 e. The fourth-order valence-corrected chi connectivity index (χ4v) is 4.37. The van der Waals surface area contributed by atoms with Gasteiger partial charge in [-0.2, -0.15) is 5.10 Å². The number of hydrogen-bond donors (Lipinski definition) is 0. The Morgan fingerprint density at radius 2 is 2.30 bits per heavy atom. The van der Waals surface area contributed by atoms with Crippen molar-refractivity contribution in [2.75, 3.05) is 6.54 Å². The first kappa shape index (κ1) is 14.8. The number of amides is 1. The van der Waals surface area contributed by atoms with Crippen molar-refractivity contribution < 1.29 is 9.18 Å². The molecule has 1 aliphatic heterocycles. The first-order valence-electron chi connectivity index (χ1n) is 7.26. The summed E-state index contributed by atoms with van der Waals surface area (Å²) in [6, 6.07) is 5.29.